The Labute approximate surface area is 200 Å². The van der Waals surface area contributed by atoms with Gasteiger partial charge in [-0.3, -0.25) is 9.59 Å². The van der Waals surface area contributed by atoms with E-state index >= 15 is 0 Å². The molecule has 0 spiro atoms. The summed E-state index contributed by atoms with van der Waals surface area (Å²) in [7, 11) is 0. The molecule has 1 aliphatic heterocycles. The van der Waals surface area contributed by atoms with Gasteiger partial charge >= 0.3 is 0 Å². The molecule has 2 heterocycles. The van der Waals surface area contributed by atoms with Crippen LogP contribution in [-0.4, -0.2) is 57.2 Å². The lowest BCUT2D eigenvalue weighted by molar-refractivity contribution is -0.130. The van der Waals surface area contributed by atoms with E-state index < -0.39 is 16.5 Å². The molecular weight excluding hydrogens is 471 g/mol. The maximum atomic E-state index is 14.7. The summed E-state index contributed by atoms with van der Waals surface area (Å²) in [5.74, 6) is -2.02. The van der Waals surface area contributed by atoms with E-state index in [1.165, 1.54) is 17.0 Å². The first kappa shape index (κ1) is 23.3. The van der Waals surface area contributed by atoms with Crippen LogP contribution in [0.3, 0.4) is 0 Å². The van der Waals surface area contributed by atoms with E-state index in [-0.39, 0.29) is 17.5 Å². The Kier molecular flexibility index (Phi) is 6.72. The SMILES string of the molecule is Cc1c(C(=O)N2CCN(C(=O)C(Cl)Cl)CC2)cc(-c2ccccc2)n1-c1ccc(F)cc1F. The summed E-state index contributed by atoms with van der Waals surface area (Å²) in [6.07, 6.45) is 0. The molecule has 0 N–H and O–H groups in total. The van der Waals surface area contributed by atoms with Crippen molar-refractivity contribution in [2.24, 2.45) is 0 Å². The number of carbonyl (C=O) groups is 2. The fourth-order valence-corrected chi connectivity index (χ4v) is 4.33. The topological polar surface area (TPSA) is 45.6 Å². The van der Waals surface area contributed by atoms with Crippen LogP contribution in [0.25, 0.3) is 16.9 Å². The first-order valence-electron chi connectivity index (χ1n) is 10.4. The van der Waals surface area contributed by atoms with Gasteiger partial charge in [-0.25, -0.2) is 8.78 Å². The van der Waals surface area contributed by atoms with Crippen LogP contribution in [-0.2, 0) is 4.79 Å². The Balaban J connectivity index is 1.71. The first-order valence-corrected chi connectivity index (χ1v) is 11.2. The molecule has 2 amide bonds. The number of nitrogens with zero attached hydrogens (tertiary/aromatic N) is 3. The highest BCUT2D eigenvalue weighted by Crippen LogP contribution is 2.31. The van der Waals surface area contributed by atoms with E-state index in [1.807, 2.05) is 30.3 Å². The standard InChI is InChI=1S/C24H21Cl2F2N3O2/c1-15-18(23(32)29-9-11-30(12-10-29)24(33)22(25)26)14-21(16-5-3-2-4-6-16)31(15)20-8-7-17(27)13-19(20)28/h2-8,13-14,22H,9-12H2,1H3. The van der Waals surface area contributed by atoms with Gasteiger partial charge in [0.15, 0.2) is 4.84 Å². The van der Waals surface area contributed by atoms with Gasteiger partial charge < -0.3 is 14.4 Å². The number of amides is 2. The van der Waals surface area contributed by atoms with Gasteiger partial charge in [0.25, 0.3) is 11.8 Å². The van der Waals surface area contributed by atoms with Gasteiger partial charge in [-0.05, 0) is 30.7 Å². The smallest absolute Gasteiger partial charge is 0.255 e. The Morgan fingerprint density at radius 3 is 2.15 bits per heavy atom. The lowest BCUT2D eigenvalue weighted by atomic mass is 10.1. The predicted molar refractivity (Wildman–Crippen MR) is 124 cm³/mol. The highest BCUT2D eigenvalue weighted by atomic mass is 35.5. The Morgan fingerprint density at radius 1 is 0.909 bits per heavy atom. The maximum Gasteiger partial charge on any atom is 0.255 e. The number of alkyl halides is 2. The molecule has 4 rings (SSSR count). The second kappa shape index (κ2) is 9.53. The number of aromatic nitrogens is 1. The first-order chi connectivity index (χ1) is 15.8. The molecule has 0 saturated carbocycles. The summed E-state index contributed by atoms with van der Waals surface area (Å²) in [5.41, 5.74) is 2.49. The van der Waals surface area contributed by atoms with Crippen LogP contribution in [0.15, 0.2) is 54.6 Å². The molecule has 0 radical (unpaired) electrons. The number of hydrogen-bond donors (Lipinski definition) is 0. The molecule has 172 valence electrons. The van der Waals surface area contributed by atoms with Crippen LogP contribution >= 0.6 is 23.2 Å². The maximum absolute atomic E-state index is 14.7. The molecule has 1 fully saturated rings. The molecule has 9 heteroatoms. The van der Waals surface area contributed by atoms with E-state index in [0.717, 1.165) is 11.6 Å². The quantitative estimate of drug-likeness (QED) is 0.491. The van der Waals surface area contributed by atoms with Gasteiger partial charge in [-0.15, -0.1) is 0 Å². The van der Waals surface area contributed by atoms with Gasteiger partial charge in [-0.1, -0.05) is 53.5 Å². The van der Waals surface area contributed by atoms with Crippen molar-refractivity contribution in [1.29, 1.82) is 0 Å². The van der Waals surface area contributed by atoms with Crippen molar-refractivity contribution in [3.05, 3.63) is 77.5 Å². The molecule has 1 aliphatic rings. The highest BCUT2D eigenvalue weighted by molar-refractivity contribution is 6.53. The Bertz CT molecular complexity index is 1190. The third-order valence-electron chi connectivity index (χ3n) is 5.76. The van der Waals surface area contributed by atoms with Crippen LogP contribution < -0.4 is 0 Å². The van der Waals surface area contributed by atoms with Crippen molar-refractivity contribution in [2.75, 3.05) is 26.2 Å². The van der Waals surface area contributed by atoms with Gasteiger partial charge in [0.2, 0.25) is 0 Å². The zero-order valence-corrected chi connectivity index (χ0v) is 19.3. The predicted octanol–water partition coefficient (Wildman–Crippen LogP) is 4.82. The molecular formula is C24H21Cl2F2N3O2. The number of carbonyl (C=O) groups excluding carboxylic acids is 2. The largest absolute Gasteiger partial charge is 0.337 e. The summed E-state index contributed by atoms with van der Waals surface area (Å²) in [6.45, 7) is 3.01. The summed E-state index contributed by atoms with van der Waals surface area (Å²) < 4.78 is 29.9. The Hall–Kier alpha value is -2.90. The van der Waals surface area contributed by atoms with Crippen LogP contribution in [0, 0.1) is 18.6 Å². The van der Waals surface area contributed by atoms with E-state index in [9.17, 15) is 18.4 Å². The number of halogens is 4. The fraction of sp³-hybridized carbons (Fsp3) is 0.250. The van der Waals surface area contributed by atoms with Gasteiger partial charge in [0.1, 0.15) is 11.6 Å². The minimum atomic E-state index is -1.14. The second-order valence-corrected chi connectivity index (χ2v) is 8.84. The van der Waals surface area contributed by atoms with Gasteiger partial charge in [0, 0.05) is 37.9 Å². The van der Waals surface area contributed by atoms with Crippen molar-refractivity contribution in [1.82, 2.24) is 14.4 Å². The average Bonchev–Trinajstić information content (AvgIpc) is 3.15. The molecule has 2 aromatic carbocycles. The van der Waals surface area contributed by atoms with Crippen molar-refractivity contribution in [3.8, 4) is 16.9 Å². The third kappa shape index (κ3) is 4.61. The van der Waals surface area contributed by atoms with Crippen molar-refractivity contribution in [3.63, 3.8) is 0 Å². The minimum absolute atomic E-state index is 0.150. The molecule has 33 heavy (non-hydrogen) atoms. The molecule has 1 aromatic heterocycles. The second-order valence-electron chi connectivity index (χ2n) is 7.74. The molecule has 0 unspecified atom stereocenters. The van der Waals surface area contributed by atoms with E-state index in [0.29, 0.717) is 43.1 Å². The number of rotatable bonds is 4. The number of benzene rings is 2. The molecule has 0 atom stereocenters. The van der Waals surface area contributed by atoms with Crippen molar-refractivity contribution >= 4 is 35.0 Å². The van der Waals surface area contributed by atoms with E-state index in [2.05, 4.69) is 0 Å². The molecule has 0 bridgehead atoms. The summed E-state index contributed by atoms with van der Waals surface area (Å²) in [6, 6.07) is 14.4. The number of hydrogen-bond acceptors (Lipinski definition) is 2. The molecule has 3 aromatic rings. The summed E-state index contributed by atoms with van der Waals surface area (Å²) >= 11 is 11.3. The van der Waals surface area contributed by atoms with Crippen LogP contribution in [0.5, 0.6) is 0 Å². The van der Waals surface area contributed by atoms with Gasteiger partial charge in [-0.2, -0.15) is 0 Å². The van der Waals surface area contributed by atoms with Crippen molar-refractivity contribution in [2.45, 2.75) is 11.8 Å². The minimum Gasteiger partial charge on any atom is -0.337 e. The lowest BCUT2D eigenvalue weighted by Crippen LogP contribution is -2.51. The molecule has 1 saturated heterocycles. The zero-order chi connectivity index (χ0) is 23.7. The molecule has 5 nitrogen and oxygen atoms in total. The average molecular weight is 492 g/mol. The third-order valence-corrected chi connectivity index (χ3v) is 6.14. The van der Waals surface area contributed by atoms with E-state index in [1.54, 1.807) is 22.5 Å². The highest BCUT2D eigenvalue weighted by Gasteiger charge is 2.30. The Morgan fingerprint density at radius 2 is 1.55 bits per heavy atom. The summed E-state index contributed by atoms with van der Waals surface area (Å²) in [5, 5.41) is 0. The summed E-state index contributed by atoms with van der Waals surface area (Å²) in [4.78, 5) is 27.4. The molecule has 0 aliphatic carbocycles. The number of piperazine rings is 1. The monoisotopic (exact) mass is 491 g/mol. The van der Waals surface area contributed by atoms with Gasteiger partial charge in [0.05, 0.1) is 16.9 Å². The van der Waals surface area contributed by atoms with Crippen LogP contribution in [0.4, 0.5) is 8.78 Å². The van der Waals surface area contributed by atoms with Crippen LogP contribution in [0.1, 0.15) is 16.1 Å². The van der Waals surface area contributed by atoms with Crippen molar-refractivity contribution < 1.29 is 18.4 Å². The van der Waals surface area contributed by atoms with E-state index in [4.69, 9.17) is 23.2 Å². The van der Waals surface area contributed by atoms with Crippen LogP contribution in [0.2, 0.25) is 0 Å². The normalized spacial score (nSPS) is 14.1. The lowest BCUT2D eigenvalue weighted by Gasteiger charge is -2.35. The zero-order valence-electron chi connectivity index (χ0n) is 17.8. The fourth-order valence-electron chi connectivity index (χ4n) is 4.06.